The van der Waals surface area contributed by atoms with E-state index in [4.69, 9.17) is 0 Å². The maximum atomic E-state index is 13.1. The van der Waals surface area contributed by atoms with Gasteiger partial charge in [-0.05, 0) is 24.5 Å². The van der Waals surface area contributed by atoms with Crippen molar-refractivity contribution in [1.82, 2.24) is 34.5 Å². The van der Waals surface area contributed by atoms with Gasteiger partial charge in [-0.2, -0.15) is 18.3 Å². The zero-order chi connectivity index (χ0) is 20.7. The zero-order valence-corrected chi connectivity index (χ0v) is 15.7. The van der Waals surface area contributed by atoms with Gasteiger partial charge in [-0.3, -0.25) is 9.50 Å². The van der Waals surface area contributed by atoms with E-state index in [1.165, 1.54) is 10.6 Å². The van der Waals surface area contributed by atoms with Gasteiger partial charge in [0, 0.05) is 37.6 Å². The minimum Gasteiger partial charge on any atom is -0.356 e. The first-order valence-corrected chi connectivity index (χ1v) is 9.46. The Bertz CT molecular complexity index is 1170. The van der Waals surface area contributed by atoms with Crippen LogP contribution in [0, 0.1) is 0 Å². The molecule has 0 bridgehead atoms. The predicted octanol–water partition coefficient (Wildman–Crippen LogP) is 3.31. The van der Waals surface area contributed by atoms with E-state index >= 15 is 0 Å². The van der Waals surface area contributed by atoms with Crippen molar-refractivity contribution in [3.63, 3.8) is 0 Å². The normalized spacial score (nSPS) is 17.6. The first-order chi connectivity index (χ1) is 14.5. The molecular formula is C19H17F3N8. The SMILES string of the molecule is FC(F)(F)c1cn2c(-c3nccc(N4CCCC(c5cn[nH]c5)C4)n3)cnc2cn1. The summed E-state index contributed by atoms with van der Waals surface area (Å²) in [4.78, 5) is 18.6. The van der Waals surface area contributed by atoms with E-state index in [2.05, 4.69) is 35.0 Å². The van der Waals surface area contributed by atoms with Crippen LogP contribution in [0.3, 0.4) is 0 Å². The second kappa shape index (κ2) is 7.08. The van der Waals surface area contributed by atoms with Gasteiger partial charge in [0.05, 0.1) is 18.6 Å². The number of hydrogen-bond donors (Lipinski definition) is 1. The van der Waals surface area contributed by atoms with E-state index in [1.54, 1.807) is 6.20 Å². The van der Waals surface area contributed by atoms with Crippen LogP contribution in [0.25, 0.3) is 17.2 Å². The number of imidazole rings is 1. The molecule has 8 nitrogen and oxygen atoms in total. The number of nitrogens with zero attached hydrogens (tertiary/aromatic N) is 7. The van der Waals surface area contributed by atoms with Crippen molar-refractivity contribution < 1.29 is 13.2 Å². The number of H-pyrrole nitrogens is 1. The van der Waals surface area contributed by atoms with Crippen LogP contribution in [0.15, 0.2) is 43.2 Å². The molecule has 0 aliphatic carbocycles. The third-order valence-corrected chi connectivity index (χ3v) is 5.29. The highest BCUT2D eigenvalue weighted by atomic mass is 19.4. The first kappa shape index (κ1) is 18.5. The Hall–Kier alpha value is -3.50. The van der Waals surface area contributed by atoms with Crippen molar-refractivity contribution in [3.8, 4) is 11.5 Å². The van der Waals surface area contributed by atoms with Crippen LogP contribution in [0.4, 0.5) is 19.0 Å². The summed E-state index contributed by atoms with van der Waals surface area (Å²) in [6.45, 7) is 1.63. The summed E-state index contributed by atoms with van der Waals surface area (Å²) in [5, 5.41) is 6.88. The molecule has 1 aliphatic rings. The maximum absolute atomic E-state index is 13.1. The third-order valence-electron chi connectivity index (χ3n) is 5.29. The van der Waals surface area contributed by atoms with E-state index < -0.39 is 11.9 Å². The molecule has 0 spiro atoms. The van der Waals surface area contributed by atoms with E-state index in [0.717, 1.165) is 49.7 Å². The average Bonchev–Trinajstić information content (AvgIpc) is 3.43. The molecule has 5 heterocycles. The number of piperidine rings is 1. The summed E-state index contributed by atoms with van der Waals surface area (Å²) in [6, 6.07) is 1.81. The van der Waals surface area contributed by atoms with E-state index in [9.17, 15) is 13.2 Å². The number of fused-ring (bicyclic) bond motifs is 1. The van der Waals surface area contributed by atoms with Crippen LogP contribution in [0.2, 0.25) is 0 Å². The van der Waals surface area contributed by atoms with Crippen molar-refractivity contribution in [2.24, 2.45) is 0 Å². The molecule has 1 unspecified atom stereocenters. The Balaban J connectivity index is 1.48. The number of rotatable bonds is 3. The summed E-state index contributed by atoms with van der Waals surface area (Å²) >= 11 is 0. The molecule has 0 aromatic carbocycles. The molecule has 0 saturated carbocycles. The van der Waals surface area contributed by atoms with Gasteiger partial charge in [0.1, 0.15) is 11.5 Å². The fourth-order valence-corrected chi connectivity index (χ4v) is 3.79. The van der Waals surface area contributed by atoms with Gasteiger partial charge in [-0.15, -0.1) is 0 Å². The average molecular weight is 414 g/mol. The molecule has 1 fully saturated rings. The third kappa shape index (κ3) is 3.36. The molecule has 1 N–H and O–H groups in total. The fourth-order valence-electron chi connectivity index (χ4n) is 3.79. The Morgan fingerprint density at radius 3 is 2.80 bits per heavy atom. The summed E-state index contributed by atoms with van der Waals surface area (Å²) in [7, 11) is 0. The standard InChI is InChI=1S/C19H17F3N8/c20-19(21,22)15-11-30-14(8-25-17(30)9-24-15)18-23-4-3-16(28-18)29-5-1-2-12(10-29)13-6-26-27-7-13/h3-4,6-9,11-12H,1-2,5,10H2,(H,26,27). The zero-order valence-electron chi connectivity index (χ0n) is 15.7. The van der Waals surface area contributed by atoms with E-state index in [1.807, 2.05) is 18.5 Å². The van der Waals surface area contributed by atoms with E-state index in [0.29, 0.717) is 23.1 Å². The molecule has 1 aliphatic heterocycles. The smallest absolute Gasteiger partial charge is 0.356 e. The van der Waals surface area contributed by atoms with Crippen LogP contribution in [-0.4, -0.2) is 47.6 Å². The number of aromatic amines is 1. The fraction of sp³-hybridized carbons (Fsp3) is 0.316. The second-order valence-electron chi connectivity index (χ2n) is 7.20. The van der Waals surface area contributed by atoms with Crippen molar-refractivity contribution in [2.75, 3.05) is 18.0 Å². The highest BCUT2D eigenvalue weighted by molar-refractivity contribution is 5.58. The van der Waals surface area contributed by atoms with Crippen LogP contribution in [0.1, 0.15) is 30.0 Å². The first-order valence-electron chi connectivity index (χ1n) is 9.46. The summed E-state index contributed by atoms with van der Waals surface area (Å²) in [5.74, 6) is 1.38. The lowest BCUT2D eigenvalue weighted by Crippen LogP contribution is -2.34. The lowest BCUT2D eigenvalue weighted by atomic mass is 9.93. The van der Waals surface area contributed by atoms with Gasteiger partial charge < -0.3 is 4.90 Å². The van der Waals surface area contributed by atoms with E-state index in [-0.39, 0.29) is 0 Å². The molecule has 4 aromatic rings. The predicted molar refractivity (Wildman–Crippen MR) is 102 cm³/mol. The van der Waals surface area contributed by atoms with Gasteiger partial charge in [0.2, 0.25) is 0 Å². The van der Waals surface area contributed by atoms with Crippen LogP contribution in [-0.2, 0) is 6.18 Å². The Labute approximate surface area is 168 Å². The molecule has 11 heteroatoms. The quantitative estimate of drug-likeness (QED) is 0.553. The highest BCUT2D eigenvalue weighted by Crippen LogP contribution is 2.31. The largest absolute Gasteiger partial charge is 0.434 e. The van der Waals surface area contributed by atoms with Crippen LogP contribution >= 0.6 is 0 Å². The molecule has 0 amide bonds. The number of halogens is 3. The molecule has 1 atom stereocenters. The number of anilines is 1. The van der Waals surface area contributed by atoms with Gasteiger partial charge in [-0.1, -0.05) is 0 Å². The highest BCUT2D eigenvalue weighted by Gasteiger charge is 2.33. The number of hydrogen-bond acceptors (Lipinski definition) is 6. The van der Waals surface area contributed by atoms with Crippen molar-refractivity contribution in [1.29, 1.82) is 0 Å². The van der Waals surface area contributed by atoms with Crippen LogP contribution in [0.5, 0.6) is 0 Å². The second-order valence-corrected chi connectivity index (χ2v) is 7.20. The molecule has 0 radical (unpaired) electrons. The van der Waals surface area contributed by atoms with Crippen molar-refractivity contribution >= 4 is 11.5 Å². The van der Waals surface area contributed by atoms with Gasteiger partial charge in [-0.25, -0.2) is 19.9 Å². The lowest BCUT2D eigenvalue weighted by Gasteiger charge is -2.33. The minimum absolute atomic E-state index is 0.296. The molecule has 1 saturated heterocycles. The summed E-state index contributed by atoms with van der Waals surface area (Å²) in [6.07, 6.45) is 6.35. The summed E-state index contributed by atoms with van der Waals surface area (Å²) in [5.41, 5.74) is 0.834. The maximum Gasteiger partial charge on any atom is 0.434 e. The number of alkyl halides is 3. The topological polar surface area (TPSA) is 87.9 Å². The minimum atomic E-state index is -4.55. The van der Waals surface area contributed by atoms with Crippen LogP contribution < -0.4 is 4.90 Å². The molecule has 154 valence electrons. The number of nitrogens with one attached hydrogen (secondary N) is 1. The lowest BCUT2D eigenvalue weighted by molar-refractivity contribution is -0.141. The van der Waals surface area contributed by atoms with Gasteiger partial charge in [0.25, 0.3) is 0 Å². The Kier molecular flexibility index (Phi) is 4.37. The molecule has 30 heavy (non-hydrogen) atoms. The van der Waals surface area contributed by atoms with Crippen molar-refractivity contribution in [3.05, 3.63) is 54.5 Å². The van der Waals surface area contributed by atoms with Crippen molar-refractivity contribution in [2.45, 2.75) is 24.9 Å². The molecule has 5 rings (SSSR count). The number of aromatic nitrogens is 7. The Morgan fingerprint density at radius 1 is 1.10 bits per heavy atom. The monoisotopic (exact) mass is 414 g/mol. The van der Waals surface area contributed by atoms with Gasteiger partial charge >= 0.3 is 6.18 Å². The molecule has 4 aromatic heterocycles. The van der Waals surface area contributed by atoms with Gasteiger partial charge in [0.15, 0.2) is 17.2 Å². The molecular weight excluding hydrogens is 397 g/mol. The summed E-state index contributed by atoms with van der Waals surface area (Å²) < 4.78 is 40.5. The Morgan fingerprint density at radius 2 is 2.00 bits per heavy atom.